The lowest BCUT2D eigenvalue weighted by molar-refractivity contribution is -0.126. The molecule has 0 aliphatic heterocycles. The molecule has 152 valence electrons. The van der Waals surface area contributed by atoms with Crippen LogP contribution in [0, 0.1) is 5.92 Å². The van der Waals surface area contributed by atoms with E-state index in [1.54, 1.807) is 24.6 Å². The van der Waals surface area contributed by atoms with Crippen LogP contribution in [0.4, 0.5) is 0 Å². The predicted octanol–water partition coefficient (Wildman–Crippen LogP) is 4.00. The molecule has 7 heteroatoms. The third kappa shape index (κ3) is 4.57. The van der Waals surface area contributed by atoms with Crippen molar-refractivity contribution in [2.45, 2.75) is 38.3 Å². The van der Waals surface area contributed by atoms with Gasteiger partial charge in [-0.05, 0) is 49.3 Å². The zero-order valence-corrected chi connectivity index (χ0v) is 17.4. The molecule has 0 radical (unpaired) electrons. The van der Waals surface area contributed by atoms with Gasteiger partial charge >= 0.3 is 0 Å². The molecule has 3 aromatic heterocycles. The van der Waals surface area contributed by atoms with Gasteiger partial charge in [0.15, 0.2) is 0 Å². The van der Waals surface area contributed by atoms with Gasteiger partial charge in [0, 0.05) is 31.3 Å². The largest absolute Gasteiger partial charge is 0.381 e. The van der Waals surface area contributed by atoms with Crippen molar-refractivity contribution < 1.29 is 9.53 Å². The van der Waals surface area contributed by atoms with Crippen LogP contribution in [0.25, 0.3) is 21.8 Å². The van der Waals surface area contributed by atoms with E-state index in [9.17, 15) is 4.79 Å². The number of carbonyl (C=O) groups is 1. The maximum Gasteiger partial charge on any atom is 0.223 e. The van der Waals surface area contributed by atoms with Crippen molar-refractivity contribution in [2.75, 3.05) is 13.7 Å². The van der Waals surface area contributed by atoms with Gasteiger partial charge in [-0.1, -0.05) is 12.1 Å². The second-order valence-electron chi connectivity index (χ2n) is 7.32. The molecule has 0 unspecified atom stereocenters. The van der Waals surface area contributed by atoms with E-state index >= 15 is 0 Å². The number of carbonyl (C=O) groups excluding carboxylic acids is 1. The summed E-state index contributed by atoms with van der Waals surface area (Å²) >= 11 is 1.68. The second-order valence-corrected chi connectivity index (χ2v) is 8.27. The molecule has 1 fully saturated rings. The van der Waals surface area contributed by atoms with E-state index in [-0.39, 0.29) is 11.8 Å². The van der Waals surface area contributed by atoms with E-state index in [2.05, 4.69) is 26.8 Å². The highest BCUT2D eigenvalue weighted by Crippen LogP contribution is 2.33. The molecule has 1 aliphatic carbocycles. The van der Waals surface area contributed by atoms with Crippen molar-refractivity contribution in [3.63, 3.8) is 0 Å². The Labute approximate surface area is 174 Å². The molecule has 1 saturated carbocycles. The molecular formula is C22H26N4O2S. The number of hydrogen-bond acceptors (Lipinski definition) is 5. The summed E-state index contributed by atoms with van der Waals surface area (Å²) in [6.45, 7) is 1.18. The molecule has 4 rings (SSSR count). The van der Waals surface area contributed by atoms with Crippen molar-refractivity contribution >= 4 is 17.2 Å². The van der Waals surface area contributed by atoms with E-state index in [0.29, 0.717) is 19.2 Å². The number of hydrogen-bond donors (Lipinski definition) is 1. The van der Waals surface area contributed by atoms with Gasteiger partial charge in [0.25, 0.3) is 0 Å². The average Bonchev–Trinajstić information content (AvgIpc) is 3.44. The first-order valence-corrected chi connectivity index (χ1v) is 11.0. The Kier molecular flexibility index (Phi) is 6.36. The topological polar surface area (TPSA) is 69.0 Å². The maximum atomic E-state index is 12.5. The van der Waals surface area contributed by atoms with Crippen molar-refractivity contribution in [1.82, 2.24) is 20.1 Å². The molecule has 6 nitrogen and oxygen atoms in total. The molecule has 1 amide bonds. The number of nitrogens with zero attached hydrogens (tertiary/aromatic N) is 3. The van der Waals surface area contributed by atoms with Crippen molar-refractivity contribution in [1.29, 1.82) is 0 Å². The molecule has 0 aromatic carbocycles. The van der Waals surface area contributed by atoms with Gasteiger partial charge in [0.2, 0.25) is 5.91 Å². The summed E-state index contributed by atoms with van der Waals surface area (Å²) in [5.74, 6) is 0.245. The fourth-order valence-corrected chi connectivity index (χ4v) is 4.72. The Morgan fingerprint density at radius 3 is 2.79 bits per heavy atom. The number of amides is 1. The average molecular weight is 411 g/mol. The minimum Gasteiger partial charge on any atom is -0.381 e. The Hall–Kier alpha value is -2.51. The minimum atomic E-state index is 0.0971. The highest BCUT2D eigenvalue weighted by Gasteiger charge is 2.26. The smallest absolute Gasteiger partial charge is 0.223 e. The monoisotopic (exact) mass is 410 g/mol. The summed E-state index contributed by atoms with van der Waals surface area (Å²) in [6.07, 6.45) is 7.69. The normalized spacial score (nSPS) is 19.2. The molecule has 0 bridgehead atoms. The lowest BCUT2D eigenvalue weighted by atomic mass is 9.87. The molecule has 3 aromatic rings. The number of aromatic nitrogens is 3. The Morgan fingerprint density at radius 2 is 2.10 bits per heavy atom. The maximum absolute atomic E-state index is 12.5. The number of thiophene rings is 1. The molecule has 1 aliphatic rings. The fraction of sp³-hybridized carbons (Fsp3) is 0.409. The van der Waals surface area contributed by atoms with Crippen molar-refractivity contribution in [2.24, 2.45) is 5.92 Å². The first-order chi connectivity index (χ1) is 14.3. The van der Waals surface area contributed by atoms with Gasteiger partial charge in [0.1, 0.15) is 0 Å². The van der Waals surface area contributed by atoms with E-state index in [4.69, 9.17) is 4.74 Å². The standard InChI is InChI=1S/C22H26N4O2S/c1-28-17-9-7-16(8-10-17)22(27)24-12-13-26-21(20-6-4-14-29-20)18(15-25-26)19-5-2-3-11-23-19/h2-6,11,14-17H,7-10,12-13H2,1H3,(H,24,27). The van der Waals surface area contributed by atoms with Gasteiger partial charge < -0.3 is 10.1 Å². The van der Waals surface area contributed by atoms with Gasteiger partial charge in [-0.15, -0.1) is 11.3 Å². The van der Waals surface area contributed by atoms with Gasteiger partial charge in [-0.2, -0.15) is 5.10 Å². The first kappa shape index (κ1) is 19.8. The van der Waals surface area contributed by atoms with E-state index in [1.807, 2.05) is 35.1 Å². The summed E-state index contributed by atoms with van der Waals surface area (Å²) in [5, 5.41) is 9.76. The van der Waals surface area contributed by atoms with Crippen molar-refractivity contribution in [3.8, 4) is 21.8 Å². The molecule has 3 heterocycles. The van der Waals surface area contributed by atoms with Crippen LogP contribution < -0.4 is 5.32 Å². The summed E-state index contributed by atoms with van der Waals surface area (Å²) in [4.78, 5) is 18.2. The highest BCUT2D eigenvalue weighted by atomic mass is 32.1. The quantitative estimate of drug-likeness (QED) is 0.639. The lowest BCUT2D eigenvalue weighted by Gasteiger charge is -2.26. The molecule has 0 saturated heterocycles. The van der Waals surface area contributed by atoms with Crippen LogP contribution in [0.15, 0.2) is 48.1 Å². The Morgan fingerprint density at radius 1 is 1.24 bits per heavy atom. The third-order valence-electron chi connectivity index (χ3n) is 5.54. The number of nitrogens with one attached hydrogen (secondary N) is 1. The zero-order chi connectivity index (χ0) is 20.1. The first-order valence-electron chi connectivity index (χ1n) is 10.1. The third-order valence-corrected chi connectivity index (χ3v) is 6.41. The summed E-state index contributed by atoms with van der Waals surface area (Å²) in [5.41, 5.74) is 2.96. The van der Waals surface area contributed by atoms with Crippen LogP contribution in [0.1, 0.15) is 25.7 Å². The Balaban J connectivity index is 1.43. The molecule has 0 atom stereocenters. The van der Waals surface area contributed by atoms with Gasteiger partial charge in [-0.3, -0.25) is 14.5 Å². The van der Waals surface area contributed by atoms with Crippen LogP contribution in [-0.2, 0) is 16.1 Å². The highest BCUT2D eigenvalue weighted by molar-refractivity contribution is 7.13. The van der Waals surface area contributed by atoms with Gasteiger partial charge in [0.05, 0.1) is 35.1 Å². The second kappa shape index (κ2) is 9.33. The summed E-state index contributed by atoms with van der Waals surface area (Å²) in [6, 6.07) is 10.0. The van der Waals surface area contributed by atoms with Crippen LogP contribution in [0.3, 0.4) is 0 Å². The van der Waals surface area contributed by atoms with E-state index in [1.165, 1.54) is 0 Å². The molecule has 0 spiro atoms. The summed E-state index contributed by atoms with van der Waals surface area (Å²) < 4.78 is 7.37. The molecule has 1 N–H and O–H groups in total. The SMILES string of the molecule is COC1CCC(C(=O)NCCn2ncc(-c3ccccn3)c2-c2cccs2)CC1. The van der Waals surface area contributed by atoms with E-state index < -0.39 is 0 Å². The fourth-order valence-electron chi connectivity index (χ4n) is 3.93. The van der Waals surface area contributed by atoms with Crippen molar-refractivity contribution in [3.05, 3.63) is 48.1 Å². The van der Waals surface area contributed by atoms with Crippen LogP contribution in [-0.4, -0.2) is 40.4 Å². The van der Waals surface area contributed by atoms with E-state index in [0.717, 1.165) is 47.5 Å². The number of rotatable bonds is 7. The number of ether oxygens (including phenoxy) is 1. The minimum absolute atomic E-state index is 0.0971. The number of pyridine rings is 1. The predicted molar refractivity (Wildman–Crippen MR) is 115 cm³/mol. The summed E-state index contributed by atoms with van der Waals surface area (Å²) in [7, 11) is 1.75. The van der Waals surface area contributed by atoms with Gasteiger partial charge in [-0.25, -0.2) is 0 Å². The zero-order valence-electron chi connectivity index (χ0n) is 16.6. The number of methoxy groups -OCH3 is 1. The molecular weight excluding hydrogens is 384 g/mol. The van der Waals surface area contributed by atoms with Crippen LogP contribution in [0.2, 0.25) is 0 Å². The Bertz CT molecular complexity index is 916. The van der Waals surface area contributed by atoms with Crippen LogP contribution >= 0.6 is 11.3 Å². The lowest BCUT2D eigenvalue weighted by Crippen LogP contribution is -2.36. The molecule has 29 heavy (non-hydrogen) atoms. The van der Waals surface area contributed by atoms with Crippen LogP contribution in [0.5, 0.6) is 0 Å².